The molecule has 1 nitrogen and oxygen atoms in total. The van der Waals surface area contributed by atoms with Gasteiger partial charge in [-0.15, -0.1) is 0 Å². The average molecular weight is 164 g/mol. The van der Waals surface area contributed by atoms with Gasteiger partial charge in [0.25, 0.3) is 5.92 Å². The molecule has 1 aliphatic rings. The molecule has 0 aromatic rings. The highest BCUT2D eigenvalue weighted by Gasteiger charge is 2.45. The Morgan fingerprint density at radius 1 is 1.45 bits per heavy atom. The topological polar surface area (TPSA) is 16.6 Å². The first-order valence-corrected chi connectivity index (χ1v) is 4.23. The highest BCUT2D eigenvalue weighted by atomic mass is 19.3. The van der Waals surface area contributed by atoms with Crippen LogP contribution in [0.3, 0.4) is 0 Å². The second kappa shape index (κ2) is 3.05. The highest BCUT2D eigenvalue weighted by molar-refractivity contribution is 4.80. The molecular weight excluding hydrogens is 148 g/mol. The third kappa shape index (κ3) is 1.89. The van der Waals surface area contributed by atoms with E-state index in [-0.39, 0.29) is 12.5 Å². The monoisotopic (exact) mass is 164 g/mol. The van der Waals surface area contributed by atoms with Crippen LogP contribution in [0.5, 0.6) is 0 Å². The van der Waals surface area contributed by atoms with Gasteiger partial charge in [-0.2, -0.15) is 0 Å². The van der Waals surface area contributed by atoms with Crippen LogP contribution in [0.4, 0.5) is 8.78 Å². The first kappa shape index (κ1) is 8.91. The fourth-order valence-electron chi connectivity index (χ4n) is 1.78. The van der Waals surface area contributed by atoms with Crippen LogP contribution in [0.25, 0.3) is 0 Å². The Morgan fingerprint density at radius 3 is 2.45 bits per heavy atom. The molecule has 66 valence electrons. The van der Waals surface area contributed by atoms with E-state index in [1.54, 1.807) is 5.32 Å². The lowest BCUT2D eigenvalue weighted by molar-refractivity contribution is -0.685. The maximum atomic E-state index is 13.1. The molecule has 0 amide bonds. The van der Waals surface area contributed by atoms with Crippen molar-refractivity contribution in [3.05, 3.63) is 0 Å². The molecule has 3 heteroatoms. The summed E-state index contributed by atoms with van der Waals surface area (Å²) in [6, 6.07) is 0. The van der Waals surface area contributed by atoms with Crippen LogP contribution in [0.15, 0.2) is 0 Å². The van der Waals surface area contributed by atoms with Gasteiger partial charge in [0.1, 0.15) is 6.54 Å². The van der Waals surface area contributed by atoms with E-state index in [2.05, 4.69) is 0 Å². The van der Waals surface area contributed by atoms with Crippen molar-refractivity contribution in [2.24, 2.45) is 11.8 Å². The van der Waals surface area contributed by atoms with E-state index < -0.39 is 11.8 Å². The van der Waals surface area contributed by atoms with Crippen LogP contribution in [0.2, 0.25) is 0 Å². The SMILES string of the molecule is CC(C)C1CC[NH2+]CC1(F)F. The third-order valence-corrected chi connectivity index (χ3v) is 2.45. The lowest BCUT2D eigenvalue weighted by Gasteiger charge is -2.31. The predicted octanol–water partition coefficient (Wildman–Crippen LogP) is 0.861. The fourth-order valence-corrected chi connectivity index (χ4v) is 1.78. The molecule has 1 saturated heterocycles. The highest BCUT2D eigenvalue weighted by Crippen LogP contribution is 2.32. The van der Waals surface area contributed by atoms with Crippen molar-refractivity contribution in [1.29, 1.82) is 0 Å². The van der Waals surface area contributed by atoms with Crippen molar-refractivity contribution in [3.8, 4) is 0 Å². The molecule has 1 aliphatic heterocycles. The maximum absolute atomic E-state index is 13.1. The number of nitrogens with two attached hydrogens (primary N) is 1. The first-order valence-electron chi connectivity index (χ1n) is 4.23. The molecule has 1 atom stereocenters. The van der Waals surface area contributed by atoms with Crippen LogP contribution < -0.4 is 5.32 Å². The third-order valence-electron chi connectivity index (χ3n) is 2.45. The number of alkyl halides is 2. The van der Waals surface area contributed by atoms with Crippen molar-refractivity contribution in [2.75, 3.05) is 13.1 Å². The average Bonchev–Trinajstić information content (AvgIpc) is 1.85. The van der Waals surface area contributed by atoms with E-state index in [1.165, 1.54) is 0 Å². The standard InChI is InChI=1S/C8H15F2N/c1-6(2)7-3-4-11-5-8(7,9)10/h6-7,11H,3-5H2,1-2H3/p+1. The smallest absolute Gasteiger partial charge is 0.298 e. The van der Waals surface area contributed by atoms with Gasteiger partial charge in [-0.1, -0.05) is 13.8 Å². The van der Waals surface area contributed by atoms with Crippen LogP contribution in [-0.2, 0) is 0 Å². The zero-order valence-corrected chi connectivity index (χ0v) is 7.11. The van der Waals surface area contributed by atoms with Crippen molar-refractivity contribution in [2.45, 2.75) is 26.2 Å². The zero-order valence-electron chi connectivity index (χ0n) is 7.11. The Labute approximate surface area is 66.2 Å². The summed E-state index contributed by atoms with van der Waals surface area (Å²) in [5.74, 6) is -2.72. The number of piperidine rings is 1. The molecule has 1 heterocycles. The molecule has 0 radical (unpaired) electrons. The number of hydrogen-bond donors (Lipinski definition) is 1. The molecule has 0 spiro atoms. The zero-order chi connectivity index (χ0) is 8.48. The number of quaternary nitrogens is 1. The van der Waals surface area contributed by atoms with Gasteiger partial charge in [-0.25, -0.2) is 8.78 Å². The van der Waals surface area contributed by atoms with Gasteiger partial charge in [-0.3, -0.25) is 0 Å². The molecular formula is C8H16F2N+. The Balaban J connectivity index is 2.60. The largest absolute Gasteiger partial charge is 0.341 e. The van der Waals surface area contributed by atoms with Crippen LogP contribution in [-0.4, -0.2) is 19.0 Å². The Morgan fingerprint density at radius 2 is 2.09 bits per heavy atom. The van der Waals surface area contributed by atoms with Crippen molar-refractivity contribution < 1.29 is 14.1 Å². The maximum Gasteiger partial charge on any atom is 0.298 e. The number of rotatable bonds is 1. The minimum absolute atomic E-state index is 0.0180. The molecule has 0 saturated carbocycles. The van der Waals surface area contributed by atoms with Gasteiger partial charge >= 0.3 is 0 Å². The molecule has 1 fully saturated rings. The fraction of sp³-hybridized carbons (Fsp3) is 1.00. The molecule has 0 bridgehead atoms. The molecule has 0 aromatic heterocycles. The summed E-state index contributed by atoms with van der Waals surface area (Å²) < 4.78 is 26.2. The molecule has 2 N–H and O–H groups in total. The molecule has 1 unspecified atom stereocenters. The summed E-state index contributed by atoms with van der Waals surface area (Å²) in [5, 5.41) is 1.71. The lowest BCUT2D eigenvalue weighted by Crippen LogP contribution is -2.90. The Bertz CT molecular complexity index is 134. The summed E-state index contributed by atoms with van der Waals surface area (Å²) in [7, 11) is 0. The van der Waals surface area contributed by atoms with Crippen LogP contribution in [0, 0.1) is 11.8 Å². The second-order valence-corrected chi connectivity index (χ2v) is 3.68. The minimum atomic E-state index is -2.44. The van der Waals surface area contributed by atoms with Crippen molar-refractivity contribution in [3.63, 3.8) is 0 Å². The van der Waals surface area contributed by atoms with E-state index >= 15 is 0 Å². The van der Waals surface area contributed by atoms with Crippen molar-refractivity contribution >= 4 is 0 Å². The van der Waals surface area contributed by atoms with Crippen LogP contribution in [0.1, 0.15) is 20.3 Å². The molecule has 0 aromatic carbocycles. The summed E-state index contributed by atoms with van der Waals surface area (Å²) in [4.78, 5) is 0. The van der Waals surface area contributed by atoms with Crippen molar-refractivity contribution in [1.82, 2.24) is 0 Å². The number of hydrogen-bond acceptors (Lipinski definition) is 0. The van der Waals surface area contributed by atoms with Gasteiger partial charge in [0.05, 0.1) is 6.54 Å². The lowest BCUT2D eigenvalue weighted by atomic mass is 9.84. The van der Waals surface area contributed by atoms with E-state index in [4.69, 9.17) is 0 Å². The Kier molecular flexibility index (Phi) is 2.47. The predicted molar refractivity (Wildman–Crippen MR) is 39.6 cm³/mol. The summed E-state index contributed by atoms with van der Waals surface area (Å²) >= 11 is 0. The van der Waals surface area contributed by atoms with E-state index in [1.807, 2.05) is 13.8 Å². The van der Waals surface area contributed by atoms with E-state index in [0.717, 1.165) is 6.54 Å². The van der Waals surface area contributed by atoms with Gasteiger partial charge in [0.2, 0.25) is 0 Å². The van der Waals surface area contributed by atoms with E-state index in [9.17, 15) is 8.78 Å². The van der Waals surface area contributed by atoms with Gasteiger partial charge in [-0.05, 0) is 5.92 Å². The summed E-state index contributed by atoms with van der Waals surface area (Å²) in [6.45, 7) is 4.60. The van der Waals surface area contributed by atoms with Gasteiger partial charge < -0.3 is 5.32 Å². The normalized spacial score (nSPS) is 30.8. The molecule has 11 heavy (non-hydrogen) atoms. The van der Waals surface area contributed by atoms with Gasteiger partial charge in [0.15, 0.2) is 0 Å². The first-order chi connectivity index (χ1) is 5.04. The van der Waals surface area contributed by atoms with Gasteiger partial charge in [0, 0.05) is 12.3 Å². The Hall–Kier alpha value is -0.180. The van der Waals surface area contributed by atoms with Crippen LogP contribution >= 0.6 is 0 Å². The summed E-state index contributed by atoms with van der Waals surface area (Å²) in [6.07, 6.45) is 0.657. The quantitative estimate of drug-likeness (QED) is 0.592. The van der Waals surface area contributed by atoms with E-state index in [0.29, 0.717) is 6.42 Å². The number of halogens is 2. The minimum Gasteiger partial charge on any atom is -0.341 e. The molecule has 0 aliphatic carbocycles. The second-order valence-electron chi connectivity index (χ2n) is 3.68. The molecule has 1 rings (SSSR count). The summed E-state index contributed by atoms with van der Waals surface area (Å²) in [5.41, 5.74) is 0.